The molecule has 0 radical (unpaired) electrons. The number of halogens is 1. The van der Waals surface area contributed by atoms with E-state index < -0.39 is 0 Å². The summed E-state index contributed by atoms with van der Waals surface area (Å²) in [6, 6.07) is 8.23. The van der Waals surface area contributed by atoms with Gasteiger partial charge in [0.25, 0.3) is 0 Å². The lowest BCUT2D eigenvalue weighted by Gasteiger charge is -2.24. The van der Waals surface area contributed by atoms with Gasteiger partial charge in [-0.3, -0.25) is 0 Å². The van der Waals surface area contributed by atoms with E-state index in [1.54, 1.807) is 0 Å². The van der Waals surface area contributed by atoms with Gasteiger partial charge in [0.1, 0.15) is 0 Å². The molecule has 2 N–H and O–H groups in total. The fraction of sp³-hybridized carbons (Fsp3) is 0.474. The summed E-state index contributed by atoms with van der Waals surface area (Å²) in [7, 11) is 0. The standard InChI is InChI=1S/C19H26ClNO/c1-2-12-21-19(16-9-5-10-17(20)14-16)18(11-6-13-22)15-7-3-4-8-15/h5,7,9-11,14,19,21-22H,2-4,6,8,12-13H2,1H3/b18-11+/t19-/m1/s1. The Morgan fingerprint density at radius 1 is 1.45 bits per heavy atom. The van der Waals surface area contributed by atoms with E-state index in [9.17, 15) is 5.11 Å². The Balaban J connectivity index is 2.34. The Bertz CT molecular complexity index is 536. The van der Waals surface area contributed by atoms with Gasteiger partial charge in [-0.05, 0) is 67.5 Å². The van der Waals surface area contributed by atoms with Gasteiger partial charge >= 0.3 is 0 Å². The zero-order valence-corrected chi connectivity index (χ0v) is 14.1. The molecule has 2 rings (SSSR count). The minimum Gasteiger partial charge on any atom is -0.396 e. The highest BCUT2D eigenvalue weighted by atomic mass is 35.5. The van der Waals surface area contributed by atoms with Gasteiger partial charge in [-0.2, -0.15) is 0 Å². The summed E-state index contributed by atoms with van der Waals surface area (Å²) < 4.78 is 0. The van der Waals surface area contributed by atoms with Gasteiger partial charge in [-0.15, -0.1) is 0 Å². The van der Waals surface area contributed by atoms with Crippen LogP contribution >= 0.6 is 11.6 Å². The van der Waals surface area contributed by atoms with Crippen LogP contribution in [0.3, 0.4) is 0 Å². The summed E-state index contributed by atoms with van der Waals surface area (Å²) >= 11 is 6.19. The number of aliphatic hydroxyl groups is 1. The zero-order chi connectivity index (χ0) is 15.8. The maximum Gasteiger partial charge on any atom is 0.0576 e. The highest BCUT2D eigenvalue weighted by molar-refractivity contribution is 6.30. The van der Waals surface area contributed by atoms with Gasteiger partial charge in [-0.25, -0.2) is 0 Å². The highest BCUT2D eigenvalue weighted by Gasteiger charge is 2.21. The Labute approximate surface area is 138 Å². The minimum atomic E-state index is 0.148. The van der Waals surface area contributed by atoms with E-state index in [1.807, 2.05) is 18.2 Å². The fourth-order valence-corrected chi connectivity index (χ4v) is 3.17. The first-order chi connectivity index (χ1) is 10.8. The van der Waals surface area contributed by atoms with E-state index in [0.717, 1.165) is 30.8 Å². The topological polar surface area (TPSA) is 32.3 Å². The van der Waals surface area contributed by atoms with Crippen LogP contribution in [0, 0.1) is 0 Å². The third-order valence-corrected chi connectivity index (χ3v) is 4.23. The second kappa shape index (κ2) is 9.14. The third-order valence-electron chi connectivity index (χ3n) is 4.00. The maximum atomic E-state index is 9.22. The molecule has 0 spiro atoms. The van der Waals surface area contributed by atoms with Crippen molar-refractivity contribution in [1.82, 2.24) is 5.32 Å². The summed E-state index contributed by atoms with van der Waals surface area (Å²) in [4.78, 5) is 0. The molecule has 1 atom stereocenters. The smallest absolute Gasteiger partial charge is 0.0576 e. The molecule has 0 bridgehead atoms. The number of nitrogens with one attached hydrogen (secondary N) is 1. The van der Waals surface area contributed by atoms with E-state index in [4.69, 9.17) is 11.6 Å². The molecule has 0 unspecified atom stereocenters. The minimum absolute atomic E-state index is 0.148. The van der Waals surface area contributed by atoms with Crippen molar-refractivity contribution < 1.29 is 5.11 Å². The van der Waals surface area contributed by atoms with Crippen molar-refractivity contribution in [2.45, 2.75) is 45.1 Å². The Morgan fingerprint density at radius 2 is 2.32 bits per heavy atom. The SMILES string of the molecule is CCCN[C@@H](/C(=C/CCO)C1=CCCC1)c1cccc(Cl)c1. The Kier molecular flexibility index (Phi) is 7.17. The molecule has 22 heavy (non-hydrogen) atoms. The van der Waals surface area contributed by atoms with E-state index in [0.29, 0.717) is 6.42 Å². The normalized spacial score (nSPS) is 16.7. The van der Waals surface area contributed by atoms with E-state index >= 15 is 0 Å². The molecular formula is C19H26ClNO. The molecule has 1 aliphatic carbocycles. The molecule has 0 heterocycles. The molecule has 0 amide bonds. The number of hydrogen-bond acceptors (Lipinski definition) is 2. The predicted molar refractivity (Wildman–Crippen MR) is 94.2 cm³/mol. The van der Waals surface area contributed by atoms with Crippen LogP contribution in [0.15, 0.2) is 47.6 Å². The average Bonchev–Trinajstić information content (AvgIpc) is 3.04. The molecule has 1 aromatic rings. The molecule has 120 valence electrons. The third kappa shape index (κ3) is 4.70. The summed E-state index contributed by atoms with van der Waals surface area (Å²) in [5.41, 5.74) is 3.92. The Hall–Kier alpha value is -1.09. The van der Waals surface area contributed by atoms with Crippen molar-refractivity contribution in [3.63, 3.8) is 0 Å². The van der Waals surface area contributed by atoms with E-state index in [1.165, 1.54) is 23.1 Å². The molecule has 1 aliphatic rings. The summed E-state index contributed by atoms with van der Waals surface area (Å²) in [5, 5.41) is 13.6. The van der Waals surface area contributed by atoms with E-state index in [-0.39, 0.29) is 12.6 Å². The molecule has 2 nitrogen and oxygen atoms in total. The van der Waals surface area contributed by atoms with Crippen molar-refractivity contribution in [2.75, 3.05) is 13.2 Å². The summed E-state index contributed by atoms with van der Waals surface area (Å²) in [6.45, 7) is 3.32. The number of allylic oxidation sites excluding steroid dienone is 1. The number of rotatable bonds is 8. The van der Waals surface area contributed by atoms with Crippen LogP contribution in [0.4, 0.5) is 0 Å². The molecule has 0 saturated heterocycles. The van der Waals surface area contributed by atoms with Crippen molar-refractivity contribution in [1.29, 1.82) is 0 Å². The first-order valence-electron chi connectivity index (χ1n) is 8.25. The lowest BCUT2D eigenvalue weighted by Crippen LogP contribution is -2.24. The maximum absolute atomic E-state index is 9.22. The number of hydrogen-bond donors (Lipinski definition) is 2. The first kappa shape index (κ1) is 17.3. The van der Waals surface area contributed by atoms with Crippen LogP contribution in [-0.4, -0.2) is 18.3 Å². The number of benzene rings is 1. The average molecular weight is 320 g/mol. The quantitative estimate of drug-likeness (QED) is 0.721. The summed E-state index contributed by atoms with van der Waals surface area (Å²) in [5.74, 6) is 0. The van der Waals surface area contributed by atoms with Crippen LogP contribution in [-0.2, 0) is 0 Å². The second-order valence-corrected chi connectivity index (χ2v) is 6.17. The van der Waals surface area contributed by atoms with Gasteiger partial charge in [-0.1, -0.05) is 42.8 Å². The molecule has 3 heteroatoms. The van der Waals surface area contributed by atoms with Crippen LogP contribution in [0.25, 0.3) is 0 Å². The molecular weight excluding hydrogens is 294 g/mol. The number of aliphatic hydroxyl groups excluding tert-OH is 1. The zero-order valence-electron chi connectivity index (χ0n) is 13.3. The van der Waals surface area contributed by atoms with Gasteiger partial charge in [0.15, 0.2) is 0 Å². The molecule has 1 aromatic carbocycles. The van der Waals surface area contributed by atoms with Gasteiger partial charge in [0, 0.05) is 11.6 Å². The van der Waals surface area contributed by atoms with Gasteiger partial charge < -0.3 is 10.4 Å². The molecule has 0 aromatic heterocycles. The predicted octanol–water partition coefficient (Wildman–Crippen LogP) is 4.80. The van der Waals surface area contributed by atoms with Crippen molar-refractivity contribution in [3.8, 4) is 0 Å². The largest absolute Gasteiger partial charge is 0.396 e. The lowest BCUT2D eigenvalue weighted by molar-refractivity contribution is 0.302. The first-order valence-corrected chi connectivity index (χ1v) is 8.63. The molecule has 0 fully saturated rings. The summed E-state index contributed by atoms with van der Waals surface area (Å²) in [6.07, 6.45) is 9.81. The van der Waals surface area contributed by atoms with Gasteiger partial charge in [0.2, 0.25) is 0 Å². The van der Waals surface area contributed by atoms with Crippen LogP contribution in [0.2, 0.25) is 5.02 Å². The van der Waals surface area contributed by atoms with Crippen molar-refractivity contribution in [2.24, 2.45) is 0 Å². The molecule has 0 aliphatic heterocycles. The molecule has 0 saturated carbocycles. The lowest BCUT2D eigenvalue weighted by atomic mass is 9.91. The van der Waals surface area contributed by atoms with E-state index in [2.05, 4.69) is 30.5 Å². The van der Waals surface area contributed by atoms with Crippen molar-refractivity contribution >= 4 is 11.6 Å². The fourth-order valence-electron chi connectivity index (χ4n) is 2.97. The highest BCUT2D eigenvalue weighted by Crippen LogP contribution is 2.34. The van der Waals surface area contributed by atoms with Crippen LogP contribution in [0.1, 0.15) is 50.6 Å². The Morgan fingerprint density at radius 3 is 2.95 bits per heavy atom. The van der Waals surface area contributed by atoms with Crippen molar-refractivity contribution in [3.05, 3.63) is 58.1 Å². The monoisotopic (exact) mass is 319 g/mol. The van der Waals surface area contributed by atoms with Gasteiger partial charge in [0.05, 0.1) is 6.04 Å². The van der Waals surface area contributed by atoms with Crippen LogP contribution in [0.5, 0.6) is 0 Å². The second-order valence-electron chi connectivity index (χ2n) is 5.74. The van der Waals surface area contributed by atoms with Crippen LogP contribution < -0.4 is 5.32 Å².